The van der Waals surface area contributed by atoms with Gasteiger partial charge in [-0.1, -0.05) is 25.7 Å². The summed E-state index contributed by atoms with van der Waals surface area (Å²) in [7, 11) is 4.24. The Morgan fingerprint density at radius 2 is 1.53 bits per heavy atom. The van der Waals surface area contributed by atoms with Crippen molar-refractivity contribution in [2.45, 2.75) is 45.4 Å². The van der Waals surface area contributed by atoms with Crippen LogP contribution in [0.5, 0.6) is 0 Å². The second-order valence-electron chi connectivity index (χ2n) is 4.41. The summed E-state index contributed by atoms with van der Waals surface area (Å²) in [6.07, 6.45) is 7.62. The van der Waals surface area contributed by atoms with Crippen molar-refractivity contribution < 1.29 is 4.79 Å². The van der Waals surface area contributed by atoms with Crippen molar-refractivity contribution >= 4 is 5.91 Å². The average molecular weight is 214 g/mol. The maximum atomic E-state index is 10.6. The van der Waals surface area contributed by atoms with Gasteiger partial charge in [0, 0.05) is 13.5 Å². The standard InChI is InChI=1S/C12H26N2O/c1-12(15)13-10-8-6-4-5-7-9-11-14(2)3/h4-11H2,1-3H3,(H,13,15). The number of amides is 1. The van der Waals surface area contributed by atoms with E-state index in [1.165, 1.54) is 38.6 Å². The van der Waals surface area contributed by atoms with Crippen molar-refractivity contribution in [1.29, 1.82) is 0 Å². The lowest BCUT2D eigenvalue weighted by molar-refractivity contribution is -0.118. The topological polar surface area (TPSA) is 32.3 Å². The first-order valence-corrected chi connectivity index (χ1v) is 6.02. The fourth-order valence-electron chi connectivity index (χ4n) is 1.52. The Labute approximate surface area is 94.2 Å². The molecule has 0 atom stereocenters. The summed E-state index contributed by atoms with van der Waals surface area (Å²) in [5.74, 6) is 0.0842. The smallest absolute Gasteiger partial charge is 0.216 e. The maximum absolute atomic E-state index is 10.6. The highest BCUT2D eigenvalue weighted by Gasteiger charge is 1.93. The molecule has 3 nitrogen and oxygen atoms in total. The highest BCUT2D eigenvalue weighted by Crippen LogP contribution is 2.05. The molecule has 0 saturated carbocycles. The van der Waals surface area contributed by atoms with Crippen LogP contribution in [0.1, 0.15) is 45.4 Å². The molecule has 0 bridgehead atoms. The van der Waals surface area contributed by atoms with Crippen molar-refractivity contribution in [3.8, 4) is 0 Å². The quantitative estimate of drug-likeness (QED) is 0.596. The lowest BCUT2D eigenvalue weighted by Gasteiger charge is -2.08. The van der Waals surface area contributed by atoms with Crippen LogP contribution in [0.3, 0.4) is 0 Å². The molecule has 3 heteroatoms. The van der Waals surface area contributed by atoms with Gasteiger partial charge in [0.15, 0.2) is 0 Å². The van der Waals surface area contributed by atoms with Gasteiger partial charge in [0.2, 0.25) is 5.91 Å². The van der Waals surface area contributed by atoms with Crippen LogP contribution < -0.4 is 5.32 Å². The lowest BCUT2D eigenvalue weighted by Crippen LogP contribution is -2.20. The Morgan fingerprint density at radius 1 is 1.00 bits per heavy atom. The zero-order valence-electron chi connectivity index (χ0n) is 10.5. The van der Waals surface area contributed by atoms with E-state index >= 15 is 0 Å². The van der Waals surface area contributed by atoms with E-state index in [0.717, 1.165) is 13.0 Å². The fraction of sp³-hybridized carbons (Fsp3) is 0.917. The molecule has 0 aliphatic carbocycles. The summed E-state index contributed by atoms with van der Waals surface area (Å²) in [4.78, 5) is 12.8. The van der Waals surface area contributed by atoms with Gasteiger partial charge in [0.25, 0.3) is 0 Å². The molecule has 0 aromatic carbocycles. The third-order valence-corrected chi connectivity index (χ3v) is 2.41. The van der Waals surface area contributed by atoms with Crippen LogP contribution in [0.4, 0.5) is 0 Å². The predicted octanol–water partition coefficient (Wildman–Crippen LogP) is 2.02. The van der Waals surface area contributed by atoms with Gasteiger partial charge < -0.3 is 10.2 Å². The lowest BCUT2D eigenvalue weighted by atomic mass is 10.1. The molecule has 0 aliphatic heterocycles. The fourth-order valence-corrected chi connectivity index (χ4v) is 1.52. The number of hydrogen-bond acceptors (Lipinski definition) is 2. The molecular formula is C12H26N2O. The van der Waals surface area contributed by atoms with E-state index in [9.17, 15) is 4.79 Å². The molecule has 0 aromatic rings. The Morgan fingerprint density at radius 3 is 2.07 bits per heavy atom. The second kappa shape index (κ2) is 9.97. The third-order valence-electron chi connectivity index (χ3n) is 2.41. The number of nitrogens with one attached hydrogen (secondary N) is 1. The van der Waals surface area contributed by atoms with Crippen molar-refractivity contribution in [3.63, 3.8) is 0 Å². The summed E-state index contributed by atoms with van der Waals surface area (Å²) >= 11 is 0. The van der Waals surface area contributed by atoms with E-state index in [4.69, 9.17) is 0 Å². The zero-order valence-corrected chi connectivity index (χ0v) is 10.5. The van der Waals surface area contributed by atoms with Crippen LogP contribution in [-0.4, -0.2) is 38.0 Å². The molecule has 0 unspecified atom stereocenters. The van der Waals surface area contributed by atoms with Crippen LogP contribution in [0.2, 0.25) is 0 Å². The first kappa shape index (κ1) is 14.4. The van der Waals surface area contributed by atoms with Crippen LogP contribution in [0.15, 0.2) is 0 Å². The number of nitrogens with zero attached hydrogens (tertiary/aromatic N) is 1. The molecule has 0 rings (SSSR count). The van der Waals surface area contributed by atoms with E-state index in [1.54, 1.807) is 6.92 Å². The van der Waals surface area contributed by atoms with E-state index in [-0.39, 0.29) is 5.91 Å². The maximum Gasteiger partial charge on any atom is 0.216 e. The second-order valence-corrected chi connectivity index (χ2v) is 4.41. The predicted molar refractivity (Wildman–Crippen MR) is 64.9 cm³/mol. The van der Waals surface area contributed by atoms with Gasteiger partial charge >= 0.3 is 0 Å². The summed E-state index contributed by atoms with van der Waals surface area (Å²) < 4.78 is 0. The molecule has 0 heterocycles. The van der Waals surface area contributed by atoms with Crippen molar-refractivity contribution in [2.75, 3.05) is 27.2 Å². The van der Waals surface area contributed by atoms with Crippen LogP contribution in [0.25, 0.3) is 0 Å². The summed E-state index contributed by atoms with van der Waals surface area (Å²) in [6.45, 7) is 3.61. The monoisotopic (exact) mass is 214 g/mol. The number of rotatable bonds is 9. The molecule has 1 amide bonds. The molecule has 0 fully saturated rings. The summed E-state index contributed by atoms with van der Waals surface area (Å²) in [6, 6.07) is 0. The number of hydrogen-bond donors (Lipinski definition) is 1. The minimum atomic E-state index is 0.0842. The van der Waals surface area contributed by atoms with Crippen LogP contribution >= 0.6 is 0 Å². The van der Waals surface area contributed by atoms with Crippen molar-refractivity contribution in [3.05, 3.63) is 0 Å². The van der Waals surface area contributed by atoms with Gasteiger partial charge in [0.1, 0.15) is 0 Å². The Kier molecular flexibility index (Phi) is 9.59. The number of unbranched alkanes of at least 4 members (excludes halogenated alkanes) is 5. The Hall–Kier alpha value is -0.570. The molecule has 1 N–H and O–H groups in total. The molecule has 0 saturated heterocycles. The van der Waals surface area contributed by atoms with Gasteiger partial charge in [-0.2, -0.15) is 0 Å². The highest BCUT2D eigenvalue weighted by atomic mass is 16.1. The average Bonchev–Trinajstić information content (AvgIpc) is 2.14. The van der Waals surface area contributed by atoms with Crippen molar-refractivity contribution in [2.24, 2.45) is 0 Å². The first-order valence-electron chi connectivity index (χ1n) is 6.02. The number of carbonyl (C=O) groups is 1. The molecular weight excluding hydrogens is 188 g/mol. The minimum absolute atomic E-state index is 0.0842. The molecule has 15 heavy (non-hydrogen) atoms. The van der Waals surface area contributed by atoms with Gasteiger partial charge in [-0.3, -0.25) is 4.79 Å². The molecule has 0 spiro atoms. The SMILES string of the molecule is CC(=O)NCCCCCCCCN(C)C. The van der Waals surface area contributed by atoms with E-state index < -0.39 is 0 Å². The molecule has 0 aliphatic rings. The van der Waals surface area contributed by atoms with Gasteiger partial charge in [0.05, 0.1) is 0 Å². The largest absolute Gasteiger partial charge is 0.356 e. The first-order chi connectivity index (χ1) is 7.13. The normalized spacial score (nSPS) is 10.7. The third kappa shape index (κ3) is 13.4. The zero-order chi connectivity index (χ0) is 11.5. The minimum Gasteiger partial charge on any atom is -0.356 e. The highest BCUT2D eigenvalue weighted by molar-refractivity contribution is 5.72. The Balaban J connectivity index is 2.96. The molecule has 0 aromatic heterocycles. The van der Waals surface area contributed by atoms with Gasteiger partial charge in [-0.05, 0) is 33.5 Å². The summed E-state index contributed by atoms with van der Waals surface area (Å²) in [5, 5.41) is 2.82. The van der Waals surface area contributed by atoms with E-state index in [2.05, 4.69) is 24.3 Å². The van der Waals surface area contributed by atoms with Crippen molar-refractivity contribution in [1.82, 2.24) is 10.2 Å². The van der Waals surface area contributed by atoms with E-state index in [0.29, 0.717) is 0 Å². The molecule has 90 valence electrons. The van der Waals surface area contributed by atoms with E-state index in [1.807, 2.05) is 0 Å². The number of carbonyl (C=O) groups excluding carboxylic acids is 1. The summed E-state index contributed by atoms with van der Waals surface area (Å²) in [5.41, 5.74) is 0. The van der Waals surface area contributed by atoms with Gasteiger partial charge in [-0.15, -0.1) is 0 Å². The molecule has 0 radical (unpaired) electrons. The van der Waals surface area contributed by atoms with Gasteiger partial charge in [-0.25, -0.2) is 0 Å². The van der Waals surface area contributed by atoms with Crippen LogP contribution in [-0.2, 0) is 4.79 Å². The Bertz CT molecular complexity index is 158. The van der Waals surface area contributed by atoms with Crippen LogP contribution in [0, 0.1) is 0 Å².